The fourth-order valence-electron chi connectivity index (χ4n) is 8.11. The summed E-state index contributed by atoms with van der Waals surface area (Å²) in [5, 5.41) is 5.41. The topological polar surface area (TPSA) is 51.8 Å². The summed E-state index contributed by atoms with van der Waals surface area (Å²) in [4.78, 5) is 15.7. The number of aromatic nitrogens is 3. The van der Waals surface area contributed by atoms with Crippen LogP contribution >= 0.6 is 0 Å². The second kappa shape index (κ2) is 13.6. The lowest BCUT2D eigenvalue weighted by Crippen LogP contribution is -1.96. The van der Waals surface area contributed by atoms with Gasteiger partial charge in [-0.1, -0.05) is 146 Å². The van der Waals surface area contributed by atoms with Gasteiger partial charge < -0.3 is 4.42 Å². The summed E-state index contributed by atoms with van der Waals surface area (Å²) < 4.78 is 6.59. The van der Waals surface area contributed by atoms with Crippen LogP contribution in [0.4, 0.5) is 0 Å². The highest BCUT2D eigenvalue weighted by Gasteiger charge is 2.19. The van der Waals surface area contributed by atoms with Gasteiger partial charge in [0.05, 0.1) is 22.6 Å². The smallest absolute Gasteiger partial charge is 0.160 e. The Morgan fingerprint density at radius 3 is 1.54 bits per heavy atom. The van der Waals surface area contributed by atoms with Gasteiger partial charge in [0.25, 0.3) is 0 Å². The number of para-hydroxylation sites is 1. The van der Waals surface area contributed by atoms with Crippen molar-refractivity contribution in [1.82, 2.24) is 15.0 Å². The average molecular weight is 728 g/mol. The normalized spacial score (nSPS) is 11.5. The average Bonchev–Trinajstić information content (AvgIpc) is 3.68. The molecule has 8 aromatic carbocycles. The number of pyridine rings is 1. The summed E-state index contributed by atoms with van der Waals surface area (Å²) in [5.41, 5.74) is 13.8. The fraction of sp³-hybridized carbons (Fsp3) is 0. The molecule has 0 unspecified atom stereocenters. The summed E-state index contributed by atoms with van der Waals surface area (Å²) in [6.45, 7) is 0. The van der Waals surface area contributed by atoms with Crippen LogP contribution in [0.25, 0.3) is 111 Å². The molecule has 0 saturated carbocycles. The van der Waals surface area contributed by atoms with E-state index in [4.69, 9.17) is 19.4 Å². The van der Waals surface area contributed by atoms with Gasteiger partial charge >= 0.3 is 0 Å². The second-order valence-corrected chi connectivity index (χ2v) is 14.4. The number of rotatable bonds is 6. The van der Waals surface area contributed by atoms with E-state index in [9.17, 15) is 0 Å². The summed E-state index contributed by atoms with van der Waals surface area (Å²) in [7, 11) is 0. The largest absolute Gasteiger partial charge is 0.456 e. The van der Waals surface area contributed by atoms with E-state index in [1.54, 1.807) is 0 Å². The molecule has 4 heteroatoms. The standard InChI is InChI=1S/C53H33N3O/c1-4-14-34(15-5-1)37-20-12-22-39(30-37)46-33-47(56-53(55-46)41-23-13-21-38(31-41)35-16-6-2-7-17-35)40-26-28-48-44(32-40)51-49(57-48)29-27-43-50(51)42-24-10-11-25-45(42)54-52(43)36-18-8-3-9-19-36/h1-33H. The van der Waals surface area contributed by atoms with Crippen LogP contribution in [0.15, 0.2) is 205 Å². The van der Waals surface area contributed by atoms with Crippen LogP contribution in [-0.2, 0) is 0 Å². The SMILES string of the molecule is c1ccc(-c2cccc(-c3cc(-c4ccc5oc6ccc7c(-c8ccccc8)nc8ccccc8c7c6c5c4)nc(-c4cccc(-c5ccccc5)c4)n3)c2)cc1. The van der Waals surface area contributed by atoms with E-state index >= 15 is 0 Å². The van der Waals surface area contributed by atoms with Crippen molar-refractivity contribution in [1.29, 1.82) is 0 Å². The van der Waals surface area contributed by atoms with Gasteiger partial charge in [-0.15, -0.1) is 0 Å². The van der Waals surface area contributed by atoms with Gasteiger partial charge in [0.2, 0.25) is 0 Å². The molecule has 0 spiro atoms. The molecule has 0 amide bonds. The highest BCUT2D eigenvalue weighted by Crippen LogP contribution is 2.42. The predicted molar refractivity (Wildman–Crippen MR) is 235 cm³/mol. The summed E-state index contributed by atoms with van der Waals surface area (Å²) in [6.07, 6.45) is 0. The number of fused-ring (bicyclic) bond motifs is 7. The second-order valence-electron chi connectivity index (χ2n) is 14.4. The lowest BCUT2D eigenvalue weighted by molar-refractivity contribution is 0.669. The van der Waals surface area contributed by atoms with Gasteiger partial charge in [-0.05, 0) is 76.9 Å². The molecule has 4 nitrogen and oxygen atoms in total. The molecule has 0 fully saturated rings. The first-order valence-corrected chi connectivity index (χ1v) is 19.2. The summed E-state index contributed by atoms with van der Waals surface area (Å²) in [6, 6.07) is 69.6. The van der Waals surface area contributed by atoms with Crippen LogP contribution in [0.5, 0.6) is 0 Å². The highest BCUT2D eigenvalue weighted by molar-refractivity contribution is 6.28. The Balaban J connectivity index is 1.14. The van der Waals surface area contributed by atoms with Crippen molar-refractivity contribution in [2.75, 3.05) is 0 Å². The molecular weight excluding hydrogens is 695 g/mol. The number of furan rings is 1. The van der Waals surface area contributed by atoms with Gasteiger partial charge in [-0.2, -0.15) is 0 Å². The molecule has 0 aliphatic heterocycles. The first-order valence-electron chi connectivity index (χ1n) is 19.2. The Kier molecular flexibility index (Phi) is 7.78. The third-order valence-corrected chi connectivity index (χ3v) is 10.9. The first kappa shape index (κ1) is 32.7. The Hall–Kier alpha value is -7.69. The quantitative estimate of drug-likeness (QED) is 0.160. The van der Waals surface area contributed by atoms with Crippen molar-refractivity contribution in [2.45, 2.75) is 0 Å². The van der Waals surface area contributed by atoms with Crippen molar-refractivity contribution in [3.8, 4) is 67.4 Å². The maximum Gasteiger partial charge on any atom is 0.160 e. The Morgan fingerprint density at radius 1 is 0.298 bits per heavy atom. The van der Waals surface area contributed by atoms with Crippen molar-refractivity contribution in [2.24, 2.45) is 0 Å². The van der Waals surface area contributed by atoms with Crippen molar-refractivity contribution in [3.05, 3.63) is 200 Å². The monoisotopic (exact) mass is 727 g/mol. The third-order valence-electron chi connectivity index (χ3n) is 10.9. The van der Waals surface area contributed by atoms with Gasteiger partial charge in [0.15, 0.2) is 5.82 Å². The Bertz CT molecular complexity index is 3180. The summed E-state index contributed by atoms with van der Waals surface area (Å²) >= 11 is 0. The molecule has 0 radical (unpaired) electrons. The molecular formula is C53H33N3O. The molecule has 0 aliphatic carbocycles. The maximum absolute atomic E-state index is 6.59. The van der Waals surface area contributed by atoms with E-state index in [1.807, 2.05) is 18.2 Å². The van der Waals surface area contributed by atoms with Gasteiger partial charge in [-0.25, -0.2) is 15.0 Å². The van der Waals surface area contributed by atoms with Crippen LogP contribution in [0, 0.1) is 0 Å². The van der Waals surface area contributed by atoms with Gasteiger partial charge in [0.1, 0.15) is 11.2 Å². The molecule has 0 saturated heterocycles. The van der Waals surface area contributed by atoms with E-state index < -0.39 is 0 Å². The molecule has 3 aromatic heterocycles. The minimum absolute atomic E-state index is 0.664. The van der Waals surface area contributed by atoms with Crippen LogP contribution in [-0.4, -0.2) is 15.0 Å². The first-order chi connectivity index (χ1) is 28.2. The van der Waals surface area contributed by atoms with Crippen LogP contribution in [0.1, 0.15) is 0 Å². The minimum Gasteiger partial charge on any atom is -0.456 e. The molecule has 0 aliphatic rings. The number of nitrogens with zero attached hydrogens (tertiary/aromatic N) is 3. The minimum atomic E-state index is 0.664. The Labute approximate surface area is 329 Å². The van der Waals surface area contributed by atoms with Crippen molar-refractivity contribution in [3.63, 3.8) is 0 Å². The molecule has 0 bridgehead atoms. The highest BCUT2D eigenvalue weighted by atomic mass is 16.3. The zero-order chi connectivity index (χ0) is 37.7. The maximum atomic E-state index is 6.59. The van der Waals surface area contributed by atoms with Crippen molar-refractivity contribution < 1.29 is 4.42 Å². The van der Waals surface area contributed by atoms with E-state index in [0.29, 0.717) is 5.82 Å². The number of benzene rings is 8. The van der Waals surface area contributed by atoms with Gasteiger partial charge in [0, 0.05) is 49.2 Å². The van der Waals surface area contributed by atoms with Gasteiger partial charge in [-0.3, -0.25) is 0 Å². The van der Waals surface area contributed by atoms with Crippen LogP contribution < -0.4 is 0 Å². The van der Waals surface area contributed by atoms with Crippen molar-refractivity contribution >= 4 is 43.6 Å². The molecule has 57 heavy (non-hydrogen) atoms. The molecule has 11 rings (SSSR count). The molecule has 0 atom stereocenters. The van der Waals surface area contributed by atoms with E-state index in [1.165, 1.54) is 0 Å². The number of hydrogen-bond acceptors (Lipinski definition) is 4. The lowest BCUT2D eigenvalue weighted by atomic mass is 9.95. The van der Waals surface area contributed by atoms with E-state index in [2.05, 4.69) is 182 Å². The molecule has 266 valence electrons. The molecule has 11 aromatic rings. The van der Waals surface area contributed by atoms with E-state index in [0.717, 1.165) is 105 Å². The fourth-order valence-corrected chi connectivity index (χ4v) is 8.11. The predicted octanol–water partition coefficient (Wildman–Crippen LogP) is 14.1. The van der Waals surface area contributed by atoms with Crippen LogP contribution in [0.2, 0.25) is 0 Å². The van der Waals surface area contributed by atoms with Crippen LogP contribution in [0.3, 0.4) is 0 Å². The molecule has 0 N–H and O–H groups in total. The zero-order valence-electron chi connectivity index (χ0n) is 30.8. The zero-order valence-corrected chi connectivity index (χ0v) is 30.8. The summed E-state index contributed by atoms with van der Waals surface area (Å²) in [5.74, 6) is 0.664. The third kappa shape index (κ3) is 5.83. The lowest BCUT2D eigenvalue weighted by Gasteiger charge is -2.12. The van der Waals surface area contributed by atoms with E-state index in [-0.39, 0.29) is 0 Å². The number of hydrogen-bond donors (Lipinski definition) is 0. The molecule has 3 heterocycles. The Morgan fingerprint density at radius 2 is 0.842 bits per heavy atom.